The minimum atomic E-state index is -0.279. The van der Waals surface area contributed by atoms with Gasteiger partial charge in [-0.15, -0.1) is 0 Å². The third kappa shape index (κ3) is 4.63. The predicted octanol–water partition coefficient (Wildman–Crippen LogP) is 5.18. The first-order valence-corrected chi connectivity index (χ1v) is 8.32. The van der Waals surface area contributed by atoms with Crippen LogP contribution in [0.5, 0.6) is 5.75 Å². The quantitative estimate of drug-likeness (QED) is 0.685. The fourth-order valence-electron chi connectivity index (χ4n) is 2.15. The highest BCUT2D eigenvalue weighted by Crippen LogP contribution is 2.30. The lowest BCUT2D eigenvalue weighted by Gasteiger charge is -2.12. The van der Waals surface area contributed by atoms with Crippen LogP contribution in [0.1, 0.15) is 29.3 Å². The van der Waals surface area contributed by atoms with Crippen molar-refractivity contribution in [1.29, 1.82) is 0 Å². The molecular weight excluding hydrogens is 349 g/mol. The van der Waals surface area contributed by atoms with Crippen molar-refractivity contribution in [2.75, 3.05) is 19.0 Å². The smallest absolute Gasteiger partial charge is 0.255 e. The van der Waals surface area contributed by atoms with E-state index in [9.17, 15) is 4.79 Å². The number of carbonyl (C=O) groups excluding carboxylic acids is 1. The summed E-state index contributed by atoms with van der Waals surface area (Å²) in [6.45, 7) is 3.07. The van der Waals surface area contributed by atoms with Gasteiger partial charge in [-0.2, -0.15) is 0 Å². The van der Waals surface area contributed by atoms with Crippen LogP contribution in [0.25, 0.3) is 0 Å². The third-order valence-electron chi connectivity index (χ3n) is 3.35. The number of rotatable bonds is 7. The average Bonchev–Trinajstić information content (AvgIpc) is 2.59. The van der Waals surface area contributed by atoms with Crippen LogP contribution in [0, 0.1) is 0 Å². The number of nitrogens with one attached hydrogen (secondary N) is 1. The zero-order valence-electron chi connectivity index (χ0n) is 13.6. The lowest BCUT2D eigenvalue weighted by Crippen LogP contribution is -2.13. The molecule has 0 saturated heterocycles. The van der Waals surface area contributed by atoms with Crippen LogP contribution in [-0.4, -0.2) is 19.6 Å². The standard InChI is InChI=1S/C18H19Cl2NO3/c1-3-9-24-11-13-10-12(7-8-16(13)23-2)18(22)21-15-6-4-5-14(19)17(15)20/h4-8,10H,3,9,11H2,1-2H3,(H,21,22). The van der Waals surface area contributed by atoms with Crippen LogP contribution in [0.3, 0.4) is 0 Å². The maximum Gasteiger partial charge on any atom is 0.255 e. The maximum atomic E-state index is 12.5. The Balaban J connectivity index is 2.19. The van der Waals surface area contributed by atoms with Crippen LogP contribution in [0.4, 0.5) is 5.69 Å². The van der Waals surface area contributed by atoms with Crippen LogP contribution >= 0.6 is 23.2 Å². The molecule has 0 aliphatic carbocycles. The van der Waals surface area contributed by atoms with Gasteiger partial charge in [0.15, 0.2) is 0 Å². The summed E-state index contributed by atoms with van der Waals surface area (Å²) in [5.41, 5.74) is 1.77. The van der Waals surface area contributed by atoms with Gasteiger partial charge in [-0.3, -0.25) is 4.79 Å². The van der Waals surface area contributed by atoms with E-state index < -0.39 is 0 Å². The minimum Gasteiger partial charge on any atom is -0.496 e. The first kappa shape index (κ1) is 18.6. The predicted molar refractivity (Wildman–Crippen MR) is 97.4 cm³/mol. The summed E-state index contributed by atoms with van der Waals surface area (Å²) < 4.78 is 10.9. The van der Waals surface area contributed by atoms with Gasteiger partial charge in [0.2, 0.25) is 0 Å². The normalized spacial score (nSPS) is 10.5. The molecule has 2 aromatic rings. The molecule has 0 heterocycles. The minimum absolute atomic E-state index is 0.279. The van der Waals surface area contributed by atoms with Crippen LogP contribution in [-0.2, 0) is 11.3 Å². The largest absolute Gasteiger partial charge is 0.496 e. The maximum absolute atomic E-state index is 12.5. The van der Waals surface area contributed by atoms with Gasteiger partial charge in [-0.1, -0.05) is 36.2 Å². The van der Waals surface area contributed by atoms with Gasteiger partial charge >= 0.3 is 0 Å². The number of anilines is 1. The Morgan fingerprint density at radius 3 is 2.71 bits per heavy atom. The van der Waals surface area contributed by atoms with E-state index in [1.165, 1.54) is 0 Å². The average molecular weight is 368 g/mol. The molecule has 0 aromatic heterocycles. The molecule has 0 aliphatic heterocycles. The molecule has 6 heteroatoms. The molecule has 0 spiro atoms. The fourth-order valence-corrected chi connectivity index (χ4v) is 2.50. The zero-order chi connectivity index (χ0) is 17.5. The number of methoxy groups -OCH3 is 1. The van der Waals surface area contributed by atoms with Crippen molar-refractivity contribution in [3.05, 3.63) is 57.6 Å². The Hall–Kier alpha value is -1.75. The number of halogens is 2. The molecule has 0 atom stereocenters. The van der Waals surface area contributed by atoms with Crippen molar-refractivity contribution in [2.24, 2.45) is 0 Å². The highest BCUT2D eigenvalue weighted by molar-refractivity contribution is 6.44. The summed E-state index contributed by atoms with van der Waals surface area (Å²) in [6, 6.07) is 10.3. The summed E-state index contributed by atoms with van der Waals surface area (Å²) in [5.74, 6) is 0.405. The number of carbonyl (C=O) groups is 1. The van der Waals surface area contributed by atoms with E-state index in [-0.39, 0.29) is 5.91 Å². The number of ether oxygens (including phenoxy) is 2. The van der Waals surface area contributed by atoms with E-state index in [2.05, 4.69) is 5.32 Å². The molecule has 0 aliphatic rings. The van der Waals surface area contributed by atoms with Crippen molar-refractivity contribution >= 4 is 34.8 Å². The Kier molecular flexibility index (Phi) is 6.91. The monoisotopic (exact) mass is 367 g/mol. The van der Waals surface area contributed by atoms with Crippen molar-refractivity contribution in [2.45, 2.75) is 20.0 Å². The van der Waals surface area contributed by atoms with E-state index in [1.54, 1.807) is 43.5 Å². The lowest BCUT2D eigenvalue weighted by atomic mass is 10.1. The van der Waals surface area contributed by atoms with Gasteiger partial charge in [0.25, 0.3) is 5.91 Å². The van der Waals surface area contributed by atoms with E-state index in [4.69, 9.17) is 32.7 Å². The van der Waals surface area contributed by atoms with Gasteiger partial charge in [0.05, 0.1) is 29.4 Å². The zero-order valence-corrected chi connectivity index (χ0v) is 15.1. The summed E-state index contributed by atoms with van der Waals surface area (Å²) in [4.78, 5) is 12.5. The van der Waals surface area contributed by atoms with Crippen molar-refractivity contribution in [3.8, 4) is 5.75 Å². The van der Waals surface area contributed by atoms with Crippen molar-refractivity contribution in [3.63, 3.8) is 0 Å². The molecule has 1 amide bonds. The highest BCUT2D eigenvalue weighted by Gasteiger charge is 2.13. The molecule has 4 nitrogen and oxygen atoms in total. The summed E-state index contributed by atoms with van der Waals surface area (Å²) >= 11 is 12.1. The fraction of sp³-hybridized carbons (Fsp3) is 0.278. The second kappa shape index (κ2) is 8.92. The summed E-state index contributed by atoms with van der Waals surface area (Å²) in [7, 11) is 1.59. The van der Waals surface area contributed by atoms with Crippen LogP contribution in [0.15, 0.2) is 36.4 Å². The number of hydrogen-bond acceptors (Lipinski definition) is 3. The second-order valence-corrected chi connectivity index (χ2v) is 5.92. The van der Waals surface area contributed by atoms with Crippen molar-refractivity contribution in [1.82, 2.24) is 0 Å². The van der Waals surface area contributed by atoms with E-state index >= 15 is 0 Å². The van der Waals surface area contributed by atoms with E-state index in [1.807, 2.05) is 6.92 Å². The summed E-state index contributed by atoms with van der Waals surface area (Å²) in [5, 5.41) is 3.46. The van der Waals surface area contributed by atoms with Crippen LogP contribution < -0.4 is 10.1 Å². The van der Waals surface area contributed by atoms with Gasteiger partial charge in [-0.05, 0) is 36.8 Å². The van der Waals surface area contributed by atoms with Crippen molar-refractivity contribution < 1.29 is 14.3 Å². The molecule has 0 radical (unpaired) electrons. The first-order valence-electron chi connectivity index (χ1n) is 7.56. The van der Waals surface area contributed by atoms with Gasteiger partial charge in [0.1, 0.15) is 5.75 Å². The topological polar surface area (TPSA) is 47.6 Å². The molecule has 0 saturated carbocycles. The molecule has 0 unspecified atom stereocenters. The third-order valence-corrected chi connectivity index (χ3v) is 4.17. The Morgan fingerprint density at radius 1 is 1.21 bits per heavy atom. The summed E-state index contributed by atoms with van der Waals surface area (Å²) in [6.07, 6.45) is 0.926. The Morgan fingerprint density at radius 2 is 2.00 bits per heavy atom. The first-order chi connectivity index (χ1) is 11.6. The SMILES string of the molecule is CCCOCc1cc(C(=O)Nc2cccc(Cl)c2Cl)ccc1OC. The molecule has 0 bridgehead atoms. The van der Waals surface area contributed by atoms with Gasteiger partial charge in [-0.25, -0.2) is 0 Å². The highest BCUT2D eigenvalue weighted by atomic mass is 35.5. The molecular formula is C18H19Cl2NO3. The second-order valence-electron chi connectivity index (χ2n) is 5.13. The molecule has 128 valence electrons. The van der Waals surface area contributed by atoms with E-state index in [0.717, 1.165) is 12.0 Å². The molecule has 1 N–H and O–H groups in total. The molecule has 24 heavy (non-hydrogen) atoms. The lowest BCUT2D eigenvalue weighted by molar-refractivity contribution is 0.102. The number of benzene rings is 2. The Labute approximate surface area is 151 Å². The molecule has 2 rings (SSSR count). The van der Waals surface area contributed by atoms with Gasteiger partial charge in [0, 0.05) is 17.7 Å². The molecule has 0 fully saturated rings. The van der Waals surface area contributed by atoms with Crippen LogP contribution in [0.2, 0.25) is 10.0 Å². The number of amides is 1. The van der Waals surface area contributed by atoms with Gasteiger partial charge < -0.3 is 14.8 Å². The van der Waals surface area contributed by atoms with E-state index in [0.29, 0.717) is 40.3 Å². The number of hydrogen-bond donors (Lipinski definition) is 1. The Bertz CT molecular complexity index is 719. The molecule has 2 aromatic carbocycles.